The maximum absolute atomic E-state index is 11.9. The predicted octanol–water partition coefficient (Wildman–Crippen LogP) is 1.18. The van der Waals surface area contributed by atoms with Crippen LogP contribution in [0.25, 0.3) is 0 Å². The Morgan fingerprint density at radius 1 is 1.16 bits per heavy atom. The number of aliphatic carboxylic acids is 1. The fourth-order valence-electron chi connectivity index (χ4n) is 2.44. The number of unbranched alkanes of at least 4 members (excludes halogenated alkanes) is 2. The van der Waals surface area contributed by atoms with Crippen LogP contribution in [-0.2, 0) is 24.7 Å². The van der Waals surface area contributed by atoms with E-state index in [1.54, 1.807) is 12.1 Å². The van der Waals surface area contributed by atoms with Crippen LogP contribution in [0.1, 0.15) is 38.5 Å². The highest BCUT2D eigenvalue weighted by Gasteiger charge is 2.12. The summed E-state index contributed by atoms with van der Waals surface area (Å²) in [6.07, 6.45) is 2.29. The Kier molecular flexibility index (Phi) is 11.6. The first-order valence-electron chi connectivity index (χ1n) is 9.75. The van der Waals surface area contributed by atoms with Crippen molar-refractivity contribution in [1.82, 2.24) is 4.72 Å². The molecule has 1 aromatic rings. The minimum absolute atomic E-state index is 0.0294. The summed E-state index contributed by atoms with van der Waals surface area (Å²) < 4.78 is 54.6. The van der Waals surface area contributed by atoms with Crippen molar-refractivity contribution in [2.75, 3.05) is 25.2 Å². The fraction of sp³-hybridized carbons (Fsp3) is 0.550. The van der Waals surface area contributed by atoms with Gasteiger partial charge in [0.15, 0.2) is 9.84 Å². The molecule has 1 rings (SSSR count). The second-order valence-corrected chi connectivity index (χ2v) is 10.9. The molecule has 1 aromatic carbocycles. The molecule has 0 fully saturated rings. The molecule has 11 heteroatoms. The zero-order valence-electron chi connectivity index (χ0n) is 17.4. The van der Waals surface area contributed by atoms with Gasteiger partial charge in [-0.3, -0.25) is 4.79 Å². The number of carboxylic acid groups (broad SMARTS) is 1. The van der Waals surface area contributed by atoms with Crippen molar-refractivity contribution < 1.29 is 36.6 Å². The van der Waals surface area contributed by atoms with Crippen molar-refractivity contribution in [2.45, 2.75) is 49.5 Å². The lowest BCUT2D eigenvalue weighted by atomic mass is 10.2. The minimum atomic E-state index is -3.48. The zero-order valence-corrected chi connectivity index (χ0v) is 19.0. The number of hydrogen-bond donors (Lipinski definition) is 3. The van der Waals surface area contributed by atoms with Gasteiger partial charge in [0.2, 0.25) is 10.0 Å². The van der Waals surface area contributed by atoms with Gasteiger partial charge in [0.25, 0.3) is 0 Å². The Morgan fingerprint density at radius 3 is 2.58 bits per heavy atom. The van der Waals surface area contributed by atoms with Crippen LogP contribution >= 0.6 is 0 Å². The molecule has 3 N–H and O–H groups in total. The van der Waals surface area contributed by atoms with Crippen LogP contribution in [0.5, 0.6) is 5.75 Å². The Labute approximate surface area is 183 Å². The highest BCUT2D eigenvalue weighted by atomic mass is 32.2. The lowest BCUT2D eigenvalue weighted by molar-refractivity contribution is -0.137. The van der Waals surface area contributed by atoms with E-state index in [0.29, 0.717) is 37.9 Å². The molecule has 174 valence electrons. The van der Waals surface area contributed by atoms with E-state index in [-0.39, 0.29) is 30.2 Å². The first-order chi connectivity index (χ1) is 14.5. The summed E-state index contributed by atoms with van der Waals surface area (Å²) in [5.41, 5.74) is 0. The van der Waals surface area contributed by atoms with Gasteiger partial charge in [0.05, 0.1) is 23.3 Å². The normalized spacial score (nSPS) is 12.6. The number of ether oxygens (including phenoxy) is 1. The van der Waals surface area contributed by atoms with Crippen molar-refractivity contribution in [1.29, 1.82) is 0 Å². The van der Waals surface area contributed by atoms with Crippen molar-refractivity contribution in [3.05, 3.63) is 24.3 Å². The molecule has 0 spiro atoms. The number of rotatable bonds is 14. The number of hydrogen-bond acceptors (Lipinski definition) is 7. The van der Waals surface area contributed by atoms with Gasteiger partial charge in [-0.15, -0.1) is 5.92 Å². The molecule has 0 heterocycles. The molecule has 0 aliphatic heterocycles. The summed E-state index contributed by atoms with van der Waals surface area (Å²) in [6, 6.07) is 5.98. The van der Waals surface area contributed by atoms with Crippen LogP contribution < -0.4 is 9.46 Å². The summed E-state index contributed by atoms with van der Waals surface area (Å²) >= 11 is 0. The molecule has 0 radical (unpaired) electrons. The van der Waals surface area contributed by atoms with E-state index >= 15 is 0 Å². The smallest absolute Gasteiger partial charge is 0.303 e. The summed E-state index contributed by atoms with van der Waals surface area (Å²) in [5.74, 6) is 4.70. The molecular formula is C20H29NO8S2. The highest BCUT2D eigenvalue weighted by molar-refractivity contribution is 7.90. The predicted molar refractivity (Wildman–Crippen MR) is 116 cm³/mol. The van der Waals surface area contributed by atoms with Crippen LogP contribution in [0.4, 0.5) is 0 Å². The first-order valence-corrected chi connectivity index (χ1v) is 13.3. The van der Waals surface area contributed by atoms with Crippen LogP contribution in [0, 0.1) is 11.8 Å². The monoisotopic (exact) mass is 475 g/mol. The van der Waals surface area contributed by atoms with E-state index < -0.39 is 31.9 Å². The summed E-state index contributed by atoms with van der Waals surface area (Å²) in [4.78, 5) is 10.5. The van der Waals surface area contributed by atoms with Crippen molar-refractivity contribution in [2.24, 2.45) is 0 Å². The molecule has 0 saturated heterocycles. The number of carbonyl (C=O) groups is 1. The molecule has 0 aromatic heterocycles. The molecule has 0 aliphatic rings. The molecule has 0 aliphatic carbocycles. The molecule has 31 heavy (non-hydrogen) atoms. The molecule has 0 amide bonds. The van der Waals surface area contributed by atoms with Gasteiger partial charge in [0, 0.05) is 19.1 Å². The molecular weight excluding hydrogens is 446 g/mol. The Balaban J connectivity index is 2.23. The van der Waals surface area contributed by atoms with Crippen LogP contribution in [-0.4, -0.2) is 64.3 Å². The molecule has 0 bridgehead atoms. The van der Waals surface area contributed by atoms with Gasteiger partial charge in [-0.2, -0.15) is 0 Å². The Bertz CT molecular complexity index is 978. The van der Waals surface area contributed by atoms with Gasteiger partial charge in [-0.25, -0.2) is 21.6 Å². The average molecular weight is 476 g/mol. The van der Waals surface area contributed by atoms with Gasteiger partial charge >= 0.3 is 5.97 Å². The molecule has 9 nitrogen and oxygen atoms in total. The standard InChI is InChI=1S/C20H29NO8S2/c1-30(25,26)19-11-8-10-18(15-19)29-16-17(22)9-5-7-14-31(27,28)21-13-6-3-2-4-12-20(23)24/h8,10-11,15,17,21-22H,2,4-5,7,9,12-14,16H2,1H3,(H,23,24). The Hall–Kier alpha value is -2.13. The lowest BCUT2D eigenvalue weighted by Gasteiger charge is -2.13. The third-order valence-corrected chi connectivity index (χ3v) is 6.59. The average Bonchev–Trinajstić information content (AvgIpc) is 2.68. The topological polar surface area (TPSA) is 147 Å². The second kappa shape index (κ2) is 13.3. The minimum Gasteiger partial charge on any atom is -0.491 e. The van der Waals surface area contributed by atoms with Crippen LogP contribution in [0.15, 0.2) is 29.2 Å². The number of nitrogens with one attached hydrogen (secondary N) is 1. The van der Waals surface area contributed by atoms with Gasteiger partial charge in [0.1, 0.15) is 12.4 Å². The number of benzene rings is 1. The van der Waals surface area contributed by atoms with Gasteiger partial charge < -0.3 is 14.9 Å². The fourth-order valence-corrected chi connectivity index (χ4v) is 4.12. The number of sulfone groups is 1. The van der Waals surface area contributed by atoms with Gasteiger partial charge in [-0.1, -0.05) is 12.0 Å². The van der Waals surface area contributed by atoms with E-state index in [4.69, 9.17) is 9.84 Å². The number of aliphatic hydroxyl groups excluding tert-OH is 1. The SMILES string of the molecule is CS(=O)(=O)c1cccc(OCC(O)CCCCS(=O)(=O)NCC#CCCCC(=O)O)c1. The maximum atomic E-state index is 11.9. The number of sulfonamides is 1. The van der Waals surface area contributed by atoms with Crippen molar-refractivity contribution in [3.8, 4) is 17.6 Å². The Morgan fingerprint density at radius 2 is 1.90 bits per heavy atom. The van der Waals surface area contributed by atoms with Crippen LogP contribution in [0.2, 0.25) is 0 Å². The van der Waals surface area contributed by atoms with Crippen molar-refractivity contribution in [3.63, 3.8) is 0 Å². The van der Waals surface area contributed by atoms with E-state index in [1.165, 1.54) is 12.1 Å². The second-order valence-electron chi connectivity index (χ2n) is 6.95. The van der Waals surface area contributed by atoms with E-state index in [1.807, 2.05) is 0 Å². The summed E-state index contributed by atoms with van der Waals surface area (Å²) in [5, 5.41) is 18.5. The third kappa shape index (κ3) is 13.0. The quantitative estimate of drug-likeness (QED) is 0.268. The van der Waals surface area contributed by atoms with E-state index in [9.17, 15) is 26.7 Å². The first kappa shape index (κ1) is 26.9. The lowest BCUT2D eigenvalue weighted by Crippen LogP contribution is -2.27. The largest absolute Gasteiger partial charge is 0.491 e. The zero-order chi connectivity index (χ0) is 23.3. The number of aliphatic hydroxyl groups is 1. The highest BCUT2D eigenvalue weighted by Crippen LogP contribution is 2.18. The van der Waals surface area contributed by atoms with E-state index in [0.717, 1.165) is 6.26 Å². The summed E-state index contributed by atoms with van der Waals surface area (Å²) in [6.45, 7) is -0.0614. The molecule has 0 saturated carbocycles. The van der Waals surface area contributed by atoms with Crippen molar-refractivity contribution >= 4 is 25.8 Å². The molecule has 1 unspecified atom stereocenters. The maximum Gasteiger partial charge on any atom is 0.303 e. The summed E-state index contributed by atoms with van der Waals surface area (Å²) in [7, 11) is -6.82. The third-order valence-electron chi connectivity index (χ3n) is 4.07. The van der Waals surface area contributed by atoms with Gasteiger partial charge in [-0.05, 0) is 43.9 Å². The van der Waals surface area contributed by atoms with E-state index in [2.05, 4.69) is 16.6 Å². The molecule has 1 atom stereocenters. The van der Waals surface area contributed by atoms with Crippen LogP contribution in [0.3, 0.4) is 0 Å². The number of carboxylic acids is 1.